The summed E-state index contributed by atoms with van der Waals surface area (Å²) < 4.78 is 21.1. The number of ether oxygens (including phenoxy) is 1. The molecule has 9 heteroatoms. The number of aromatic nitrogens is 3. The molecule has 2 heterocycles. The number of alkyl halides is 1. The third kappa shape index (κ3) is 2.49. The molecule has 0 aliphatic carbocycles. The maximum atomic E-state index is 15.0. The van der Waals surface area contributed by atoms with Gasteiger partial charge in [-0.3, -0.25) is 4.57 Å². The van der Waals surface area contributed by atoms with Crippen LogP contribution in [-0.4, -0.2) is 48.7 Å². The van der Waals surface area contributed by atoms with Gasteiger partial charge in [0.1, 0.15) is 18.5 Å². The summed E-state index contributed by atoms with van der Waals surface area (Å²) >= 11 is 0. The van der Waals surface area contributed by atoms with Crippen molar-refractivity contribution in [3.8, 4) is 11.8 Å². The van der Waals surface area contributed by atoms with E-state index >= 15 is 4.39 Å². The van der Waals surface area contributed by atoms with Crippen LogP contribution in [0.4, 0.5) is 10.3 Å². The van der Waals surface area contributed by atoms with Crippen LogP contribution in [0.5, 0.6) is 0 Å². The molecular weight excluding hydrogens is 283 g/mol. The molecule has 8 nitrogen and oxygen atoms in total. The molecule has 1 unspecified atom stereocenters. The summed E-state index contributed by atoms with van der Waals surface area (Å²) in [6.07, 6.45) is -4.78. The molecule has 1 saturated heterocycles. The van der Waals surface area contributed by atoms with Crippen LogP contribution in [0.2, 0.25) is 0 Å². The van der Waals surface area contributed by atoms with E-state index in [0.29, 0.717) is 0 Å². The Hall–Kier alpha value is -2.02. The molecule has 114 valence electrons. The molecule has 1 aliphatic rings. The smallest absolute Gasteiger partial charge is 0.354 e. The molecule has 2 rings (SSSR count). The zero-order valence-corrected chi connectivity index (χ0v) is 11.4. The van der Waals surface area contributed by atoms with Gasteiger partial charge in [0.2, 0.25) is 11.6 Å². The molecule has 5 atom stereocenters. The molecule has 1 aliphatic heterocycles. The minimum absolute atomic E-state index is 0.270. The van der Waals surface area contributed by atoms with Gasteiger partial charge in [-0.05, 0) is 13.8 Å². The lowest BCUT2D eigenvalue weighted by Crippen LogP contribution is -2.45. The van der Waals surface area contributed by atoms with Crippen molar-refractivity contribution in [1.29, 1.82) is 0 Å². The van der Waals surface area contributed by atoms with Gasteiger partial charge in [0.05, 0.1) is 6.10 Å². The van der Waals surface area contributed by atoms with Crippen molar-refractivity contribution in [2.24, 2.45) is 0 Å². The third-order valence-electron chi connectivity index (χ3n) is 3.18. The fourth-order valence-electron chi connectivity index (χ4n) is 2.20. The van der Waals surface area contributed by atoms with Crippen LogP contribution in [0.1, 0.15) is 20.1 Å². The first-order chi connectivity index (χ1) is 9.81. The molecule has 4 N–H and O–H groups in total. The Morgan fingerprint density at radius 3 is 2.86 bits per heavy atom. The summed E-state index contributed by atoms with van der Waals surface area (Å²) in [4.78, 5) is 18.8. The van der Waals surface area contributed by atoms with Crippen LogP contribution in [0, 0.1) is 11.8 Å². The molecule has 0 amide bonds. The lowest BCUT2D eigenvalue weighted by molar-refractivity contribution is -0.0806. The fraction of sp³-hybridized carbons (Fsp3) is 0.583. The molecule has 1 aromatic rings. The van der Waals surface area contributed by atoms with Crippen molar-refractivity contribution >= 4 is 5.95 Å². The van der Waals surface area contributed by atoms with E-state index in [-0.39, 0.29) is 5.95 Å². The van der Waals surface area contributed by atoms with E-state index in [1.54, 1.807) is 0 Å². The molecule has 21 heavy (non-hydrogen) atoms. The molecule has 0 saturated carbocycles. The van der Waals surface area contributed by atoms with Gasteiger partial charge in [0.25, 0.3) is 0 Å². The highest BCUT2D eigenvalue weighted by Crippen LogP contribution is 2.41. The minimum atomic E-state index is -2.58. The highest BCUT2D eigenvalue weighted by molar-refractivity contribution is 5.23. The molecule has 0 radical (unpaired) electrons. The van der Waals surface area contributed by atoms with E-state index in [0.717, 1.165) is 10.9 Å². The lowest BCUT2D eigenvalue weighted by atomic mass is 9.94. The average molecular weight is 298 g/mol. The quantitative estimate of drug-likeness (QED) is 0.573. The van der Waals surface area contributed by atoms with Crippen molar-refractivity contribution in [3.63, 3.8) is 0 Å². The highest BCUT2D eigenvalue weighted by atomic mass is 19.1. The van der Waals surface area contributed by atoms with E-state index in [1.807, 2.05) is 0 Å². The van der Waals surface area contributed by atoms with E-state index < -0.39 is 35.9 Å². The Kier molecular flexibility index (Phi) is 3.95. The Morgan fingerprint density at radius 1 is 1.67 bits per heavy atom. The topological polar surface area (TPSA) is 123 Å². The molecule has 0 aromatic carbocycles. The first-order valence-corrected chi connectivity index (χ1v) is 6.16. The van der Waals surface area contributed by atoms with Crippen LogP contribution in [0.3, 0.4) is 0 Å². The molecule has 1 fully saturated rings. The third-order valence-corrected chi connectivity index (χ3v) is 3.18. The molecule has 0 spiro atoms. The standard InChI is InChI=1S/C12H15FN4O4/c1-3-4-12(13)8(19)7(6(2)18)21-9(12)17-5-15-10(14)16-11(17)20/h5-9,18-19H,1-2H3,(H2,14,16,20)/t6-,7-,8+,9-,12?/m1/s1. The van der Waals surface area contributed by atoms with Crippen molar-refractivity contribution < 1.29 is 19.3 Å². The number of nitrogens with two attached hydrogens (primary N) is 1. The second kappa shape index (κ2) is 5.40. The summed E-state index contributed by atoms with van der Waals surface area (Å²) in [7, 11) is 0. The van der Waals surface area contributed by atoms with Crippen molar-refractivity contribution in [2.75, 3.05) is 5.73 Å². The number of anilines is 1. The monoisotopic (exact) mass is 298 g/mol. The number of halogens is 1. The highest BCUT2D eigenvalue weighted by Gasteiger charge is 2.59. The maximum absolute atomic E-state index is 15.0. The van der Waals surface area contributed by atoms with Crippen LogP contribution in [0.25, 0.3) is 0 Å². The Labute approximate surface area is 119 Å². The number of aliphatic hydroxyl groups is 2. The predicted molar refractivity (Wildman–Crippen MR) is 69.6 cm³/mol. The first-order valence-electron chi connectivity index (χ1n) is 6.16. The molecular formula is C12H15FN4O4. The van der Waals surface area contributed by atoms with Crippen LogP contribution in [-0.2, 0) is 4.74 Å². The van der Waals surface area contributed by atoms with Gasteiger partial charge in [-0.25, -0.2) is 14.2 Å². The summed E-state index contributed by atoms with van der Waals surface area (Å²) in [5.74, 6) is 4.27. The number of nitrogens with zero attached hydrogens (tertiary/aromatic N) is 3. The zero-order valence-electron chi connectivity index (χ0n) is 11.4. The average Bonchev–Trinajstić information content (AvgIpc) is 2.64. The van der Waals surface area contributed by atoms with Crippen molar-refractivity contribution in [2.45, 2.75) is 44.1 Å². The zero-order chi connectivity index (χ0) is 15.8. The molecule has 0 bridgehead atoms. The SMILES string of the molecule is CC#CC1(F)[C@@H](O)[C@@H]([C@@H](C)O)O[C@H]1n1cnc(N)nc1=O. The number of nitrogen functional groups attached to an aromatic ring is 1. The van der Waals surface area contributed by atoms with E-state index in [2.05, 4.69) is 21.8 Å². The number of rotatable bonds is 2. The van der Waals surface area contributed by atoms with Crippen LogP contribution < -0.4 is 11.4 Å². The van der Waals surface area contributed by atoms with Gasteiger partial charge in [-0.15, -0.1) is 5.92 Å². The second-order valence-electron chi connectivity index (χ2n) is 4.69. The first kappa shape index (κ1) is 15.4. The van der Waals surface area contributed by atoms with Gasteiger partial charge in [-0.1, -0.05) is 5.92 Å². The summed E-state index contributed by atoms with van der Waals surface area (Å²) in [6.45, 7) is 2.71. The van der Waals surface area contributed by atoms with Gasteiger partial charge >= 0.3 is 5.69 Å². The van der Waals surface area contributed by atoms with E-state index in [9.17, 15) is 15.0 Å². The summed E-state index contributed by atoms with van der Waals surface area (Å²) in [5, 5.41) is 19.6. The minimum Gasteiger partial charge on any atom is -0.391 e. The summed E-state index contributed by atoms with van der Waals surface area (Å²) in [6, 6.07) is 0. The Balaban J connectivity index is 2.54. The Morgan fingerprint density at radius 2 is 2.33 bits per heavy atom. The van der Waals surface area contributed by atoms with Crippen molar-refractivity contribution in [3.05, 3.63) is 16.8 Å². The lowest BCUT2D eigenvalue weighted by Gasteiger charge is -2.23. The van der Waals surface area contributed by atoms with E-state index in [1.165, 1.54) is 13.8 Å². The van der Waals surface area contributed by atoms with Gasteiger partial charge in [-0.2, -0.15) is 4.98 Å². The van der Waals surface area contributed by atoms with E-state index in [4.69, 9.17) is 10.5 Å². The van der Waals surface area contributed by atoms with Gasteiger partial charge in [0.15, 0.2) is 6.23 Å². The summed E-state index contributed by atoms with van der Waals surface area (Å²) in [5.41, 5.74) is 1.79. The number of hydrogen-bond donors (Lipinski definition) is 3. The van der Waals surface area contributed by atoms with Gasteiger partial charge in [0, 0.05) is 0 Å². The van der Waals surface area contributed by atoms with Crippen molar-refractivity contribution in [1.82, 2.24) is 14.5 Å². The van der Waals surface area contributed by atoms with Crippen LogP contribution in [0.15, 0.2) is 11.1 Å². The number of aliphatic hydroxyl groups excluding tert-OH is 2. The fourth-order valence-corrected chi connectivity index (χ4v) is 2.20. The number of hydrogen-bond acceptors (Lipinski definition) is 7. The predicted octanol–water partition coefficient (Wildman–Crippen LogP) is -1.41. The van der Waals surface area contributed by atoms with Crippen LogP contribution >= 0.6 is 0 Å². The maximum Gasteiger partial charge on any atom is 0.354 e. The Bertz CT molecular complexity index is 653. The normalized spacial score (nSPS) is 33.3. The second-order valence-corrected chi connectivity index (χ2v) is 4.69. The van der Waals surface area contributed by atoms with Gasteiger partial charge < -0.3 is 20.7 Å². The largest absolute Gasteiger partial charge is 0.391 e. The molecule has 1 aromatic heterocycles.